The van der Waals surface area contributed by atoms with Gasteiger partial charge in [-0.1, -0.05) is 42.5 Å². The van der Waals surface area contributed by atoms with Crippen LogP contribution in [-0.4, -0.2) is 20.9 Å². The molecule has 1 heterocycles. The summed E-state index contributed by atoms with van der Waals surface area (Å²) in [7, 11) is -3.83. The zero-order chi connectivity index (χ0) is 16.7. The molecule has 0 radical (unpaired) electrons. The van der Waals surface area contributed by atoms with E-state index in [1.807, 2.05) is 24.3 Å². The number of hydrogen-bond donors (Lipinski definition) is 1. The summed E-state index contributed by atoms with van der Waals surface area (Å²) in [6, 6.07) is 19.4. The predicted octanol–water partition coefficient (Wildman–Crippen LogP) is 2.99. The normalized spacial score (nSPS) is 14.3. The molecule has 1 amide bonds. The first-order chi connectivity index (χ1) is 11.6. The lowest BCUT2D eigenvalue weighted by atomic mass is 10.1. The number of sulfonamides is 1. The molecule has 3 aromatic carbocycles. The summed E-state index contributed by atoms with van der Waals surface area (Å²) in [5.41, 5.74) is 0.975. The van der Waals surface area contributed by atoms with Crippen molar-refractivity contribution in [3.8, 4) is 0 Å². The Balaban J connectivity index is 1.86. The zero-order valence-corrected chi connectivity index (χ0v) is 13.5. The first kappa shape index (κ1) is 14.7. The van der Waals surface area contributed by atoms with Gasteiger partial charge < -0.3 is 5.32 Å². The van der Waals surface area contributed by atoms with Crippen molar-refractivity contribution >= 4 is 38.1 Å². The molecule has 1 aliphatic heterocycles. The Morgan fingerprint density at radius 2 is 1.58 bits per heavy atom. The number of amides is 1. The van der Waals surface area contributed by atoms with Crippen LogP contribution in [0.2, 0.25) is 0 Å². The van der Waals surface area contributed by atoms with E-state index in [1.165, 1.54) is 0 Å². The van der Waals surface area contributed by atoms with Crippen molar-refractivity contribution in [2.45, 2.75) is 4.90 Å². The number of fused-ring (bicyclic) bond motifs is 2. The quantitative estimate of drug-likeness (QED) is 0.781. The van der Waals surface area contributed by atoms with Gasteiger partial charge >= 0.3 is 0 Å². The maximum absolute atomic E-state index is 13.1. The van der Waals surface area contributed by atoms with E-state index in [1.54, 1.807) is 42.5 Å². The fraction of sp³-hybridized carbons (Fsp3) is 0.0556. The number of nitrogens with one attached hydrogen (secondary N) is 1. The Bertz CT molecular complexity index is 1060. The van der Waals surface area contributed by atoms with Gasteiger partial charge in [0.2, 0.25) is 5.91 Å². The third-order valence-electron chi connectivity index (χ3n) is 4.04. The molecule has 24 heavy (non-hydrogen) atoms. The SMILES string of the molecule is O=C1CN(S(=O)(=O)c2ccc3ccccc3c2)c2ccccc2N1. The van der Waals surface area contributed by atoms with E-state index in [2.05, 4.69) is 5.32 Å². The number of nitrogens with zero attached hydrogens (tertiary/aromatic N) is 1. The molecule has 1 N–H and O–H groups in total. The summed E-state index contributed by atoms with van der Waals surface area (Å²) >= 11 is 0. The van der Waals surface area contributed by atoms with Gasteiger partial charge in [-0.3, -0.25) is 9.10 Å². The number of benzene rings is 3. The average molecular weight is 338 g/mol. The zero-order valence-electron chi connectivity index (χ0n) is 12.6. The van der Waals surface area contributed by atoms with E-state index in [-0.39, 0.29) is 17.3 Å². The van der Waals surface area contributed by atoms with Crippen LogP contribution < -0.4 is 9.62 Å². The highest BCUT2D eigenvalue weighted by atomic mass is 32.2. The molecule has 0 unspecified atom stereocenters. The minimum atomic E-state index is -3.83. The van der Waals surface area contributed by atoms with E-state index in [4.69, 9.17) is 0 Å². The van der Waals surface area contributed by atoms with Crippen LogP contribution in [0, 0.1) is 0 Å². The van der Waals surface area contributed by atoms with Crippen LogP contribution in [0.1, 0.15) is 0 Å². The van der Waals surface area contributed by atoms with Gasteiger partial charge in [-0.25, -0.2) is 8.42 Å². The van der Waals surface area contributed by atoms with Crippen LogP contribution in [0.5, 0.6) is 0 Å². The molecular weight excluding hydrogens is 324 g/mol. The van der Waals surface area contributed by atoms with E-state index in [0.29, 0.717) is 11.4 Å². The molecule has 1 aliphatic rings. The third kappa shape index (κ3) is 2.32. The van der Waals surface area contributed by atoms with E-state index < -0.39 is 10.0 Å². The highest BCUT2D eigenvalue weighted by Gasteiger charge is 2.32. The number of hydrogen-bond acceptors (Lipinski definition) is 3. The lowest BCUT2D eigenvalue weighted by Gasteiger charge is -2.30. The van der Waals surface area contributed by atoms with Crippen molar-refractivity contribution < 1.29 is 13.2 Å². The van der Waals surface area contributed by atoms with Crippen molar-refractivity contribution in [3.63, 3.8) is 0 Å². The van der Waals surface area contributed by atoms with E-state index >= 15 is 0 Å². The first-order valence-electron chi connectivity index (χ1n) is 7.46. The van der Waals surface area contributed by atoms with Gasteiger partial charge in [0.1, 0.15) is 6.54 Å². The molecule has 6 heteroatoms. The molecule has 0 saturated heterocycles. The van der Waals surface area contributed by atoms with E-state index in [9.17, 15) is 13.2 Å². The second-order valence-electron chi connectivity index (χ2n) is 5.59. The lowest BCUT2D eigenvalue weighted by Crippen LogP contribution is -2.42. The Morgan fingerprint density at radius 1 is 0.875 bits per heavy atom. The highest BCUT2D eigenvalue weighted by molar-refractivity contribution is 7.93. The molecule has 0 aromatic heterocycles. The van der Waals surface area contributed by atoms with Crippen molar-refractivity contribution in [2.75, 3.05) is 16.2 Å². The van der Waals surface area contributed by atoms with Crippen LogP contribution in [0.25, 0.3) is 10.8 Å². The Morgan fingerprint density at radius 3 is 2.42 bits per heavy atom. The third-order valence-corrected chi connectivity index (χ3v) is 5.80. The minimum Gasteiger partial charge on any atom is -0.323 e. The van der Waals surface area contributed by atoms with E-state index in [0.717, 1.165) is 15.1 Å². The maximum Gasteiger partial charge on any atom is 0.264 e. The topological polar surface area (TPSA) is 66.5 Å². The van der Waals surface area contributed by atoms with Crippen LogP contribution in [0.3, 0.4) is 0 Å². The van der Waals surface area contributed by atoms with Gasteiger partial charge in [0.15, 0.2) is 0 Å². The molecule has 4 rings (SSSR count). The monoisotopic (exact) mass is 338 g/mol. The molecule has 0 aliphatic carbocycles. The van der Waals surface area contributed by atoms with Gasteiger partial charge in [-0.05, 0) is 35.0 Å². The number of para-hydroxylation sites is 2. The lowest BCUT2D eigenvalue weighted by molar-refractivity contribution is -0.115. The number of carbonyl (C=O) groups excluding carboxylic acids is 1. The number of carbonyl (C=O) groups is 1. The highest BCUT2D eigenvalue weighted by Crippen LogP contribution is 2.33. The Labute approximate surface area is 139 Å². The van der Waals surface area contributed by atoms with Gasteiger partial charge in [-0.15, -0.1) is 0 Å². The van der Waals surface area contributed by atoms with Crippen LogP contribution >= 0.6 is 0 Å². The fourth-order valence-electron chi connectivity index (χ4n) is 2.87. The van der Waals surface area contributed by atoms with Crippen LogP contribution in [0.15, 0.2) is 71.6 Å². The average Bonchev–Trinajstić information content (AvgIpc) is 2.60. The van der Waals surface area contributed by atoms with Gasteiger partial charge in [0.05, 0.1) is 16.3 Å². The summed E-state index contributed by atoms with van der Waals surface area (Å²) in [6.07, 6.45) is 0. The summed E-state index contributed by atoms with van der Waals surface area (Å²) in [4.78, 5) is 12.1. The molecule has 0 spiro atoms. The summed E-state index contributed by atoms with van der Waals surface area (Å²) in [6.45, 7) is -0.230. The fourth-order valence-corrected chi connectivity index (χ4v) is 4.35. The molecule has 5 nitrogen and oxygen atoms in total. The number of rotatable bonds is 2. The van der Waals surface area contributed by atoms with Crippen LogP contribution in [0.4, 0.5) is 11.4 Å². The standard InChI is InChI=1S/C18H14N2O3S/c21-18-12-20(17-8-4-3-7-16(17)19-18)24(22,23)15-10-9-13-5-1-2-6-14(13)11-15/h1-11H,12H2,(H,19,21). The second-order valence-corrected chi connectivity index (χ2v) is 7.45. The smallest absolute Gasteiger partial charge is 0.264 e. The largest absolute Gasteiger partial charge is 0.323 e. The van der Waals surface area contributed by atoms with Crippen molar-refractivity contribution in [3.05, 3.63) is 66.7 Å². The number of anilines is 2. The van der Waals surface area contributed by atoms with Crippen molar-refractivity contribution in [1.29, 1.82) is 0 Å². The Kier molecular flexibility index (Phi) is 3.28. The maximum atomic E-state index is 13.1. The van der Waals surface area contributed by atoms with Gasteiger partial charge in [0, 0.05) is 0 Å². The Hall–Kier alpha value is -2.86. The second kappa shape index (κ2) is 5.35. The molecule has 120 valence electrons. The predicted molar refractivity (Wildman–Crippen MR) is 93.6 cm³/mol. The van der Waals surface area contributed by atoms with Crippen LogP contribution in [-0.2, 0) is 14.8 Å². The molecule has 0 saturated carbocycles. The summed E-state index contributed by atoms with van der Waals surface area (Å²) < 4.78 is 27.3. The first-order valence-corrected chi connectivity index (χ1v) is 8.90. The molecule has 3 aromatic rings. The molecule has 0 fully saturated rings. The minimum absolute atomic E-state index is 0.172. The summed E-state index contributed by atoms with van der Waals surface area (Å²) in [5, 5.41) is 4.50. The summed E-state index contributed by atoms with van der Waals surface area (Å²) in [5.74, 6) is -0.349. The molecule has 0 bridgehead atoms. The van der Waals surface area contributed by atoms with Gasteiger partial charge in [0.25, 0.3) is 10.0 Å². The van der Waals surface area contributed by atoms with Crippen molar-refractivity contribution in [2.24, 2.45) is 0 Å². The molecule has 0 atom stereocenters. The van der Waals surface area contributed by atoms with Gasteiger partial charge in [-0.2, -0.15) is 0 Å². The van der Waals surface area contributed by atoms with Crippen molar-refractivity contribution in [1.82, 2.24) is 0 Å². The molecular formula is C18H14N2O3S.